The summed E-state index contributed by atoms with van der Waals surface area (Å²) in [5.41, 5.74) is 0. The van der Waals surface area contributed by atoms with Gasteiger partial charge in [0.1, 0.15) is 95.6 Å². The number of hydrogen-bond donors (Lipinski definition) is 5. The Hall–Kier alpha value is -5.04. The number of aliphatic hydroxyl groups excluding tert-OH is 4. The molecule has 0 aromatic carbocycles. The van der Waals surface area contributed by atoms with Gasteiger partial charge in [-0.05, 0) is 76.2 Å². The van der Waals surface area contributed by atoms with Gasteiger partial charge >= 0.3 is 67.7 Å². The highest BCUT2D eigenvalue weighted by molar-refractivity contribution is 7.11. The van der Waals surface area contributed by atoms with Gasteiger partial charge in [0, 0.05) is 0 Å². The summed E-state index contributed by atoms with van der Waals surface area (Å²) in [6, 6.07) is 0. The molecule has 44 heteroatoms. The maximum Gasteiger partial charge on any atom is 0.510 e. The number of carbonyl (C=O) groups excluding carboxylic acids is 10. The Morgan fingerprint density at radius 3 is 0.932 bits per heavy atom. The molecule has 2 rings (SSSR count). The van der Waals surface area contributed by atoms with Crippen LogP contribution in [0.1, 0.15) is 76.2 Å². The molecular weight excluding hydrogens is 1320 g/mol. The molecule has 0 spiro atoms. The molecule has 518 valence electrons. The smallest absolute Gasteiger partial charge is 0.432 e. The maximum atomic E-state index is 11.0. The van der Waals surface area contributed by atoms with E-state index in [1.54, 1.807) is 68.1 Å². The third-order valence-corrected chi connectivity index (χ3v) is 8.74. The minimum atomic E-state index is -2.06. The zero-order valence-corrected chi connectivity index (χ0v) is 57.1. The molecule has 2 heterocycles. The van der Waals surface area contributed by atoms with Crippen LogP contribution in [-0.4, -0.2) is 233 Å². The van der Waals surface area contributed by atoms with Crippen LogP contribution in [0.2, 0.25) is 0 Å². The molecule has 2 saturated heterocycles. The highest BCUT2D eigenvalue weighted by Crippen LogP contribution is 2.23. The summed E-state index contributed by atoms with van der Waals surface area (Å²) >= 11 is 0. The zero-order valence-electron chi connectivity index (χ0n) is 49.9. The van der Waals surface area contributed by atoms with Crippen LogP contribution >= 0.6 is 57.2 Å². The summed E-state index contributed by atoms with van der Waals surface area (Å²) in [6.45, 7) is 16.2. The van der Waals surface area contributed by atoms with E-state index in [2.05, 4.69) is 84.2 Å². The molecule has 0 amide bonds. The van der Waals surface area contributed by atoms with E-state index in [1.807, 2.05) is 0 Å². The Bertz CT molecular complexity index is 1850. The normalized spacial score (nSPS) is 17.8. The number of ether oxygens (including phenoxy) is 18. The predicted octanol–water partition coefficient (Wildman–Crippen LogP) is 4.38. The Labute approximate surface area is 520 Å². The third kappa shape index (κ3) is 59.9. The fourth-order valence-corrected chi connectivity index (χ4v) is 4.45. The predicted molar refractivity (Wildman–Crippen MR) is 310 cm³/mol. The minimum Gasteiger partial charge on any atom is -0.432 e. The molecule has 0 aromatic heterocycles. The Balaban J connectivity index is -0.000000316. The molecule has 88 heavy (non-hydrogen) atoms. The van der Waals surface area contributed by atoms with Crippen LogP contribution < -0.4 is 0 Å². The standard InChI is InChI=1S/5C8H15O7P.C4H6O3.H3P/c1-5(3-11-7(9)15-16)13-8(10)12-4-6(2)14-8;2*1-5(9)3-12-7(10)14-6(2)4-13-8(11)15-16;2*1-5(3-9)13-8(11)14-6(2)4-12-7(10)15-16;1-3-2-6-4(5)7-3;/h5-6,10H,3-4,16H2,1-2H3;4*5-6,9H,3-4,16H2,1-2H3;3H,2H2,1H3;1H3. The van der Waals surface area contributed by atoms with E-state index in [0.717, 1.165) is 0 Å². The topological polar surface area (TPSA) is 484 Å². The second-order valence-electron chi connectivity index (χ2n) is 16.8. The number of aliphatic hydroxyl groups is 5. The lowest BCUT2D eigenvalue weighted by Gasteiger charge is -2.24. The first-order valence-corrected chi connectivity index (χ1v) is 27.2. The average Bonchev–Trinajstić information content (AvgIpc) is 4.05. The van der Waals surface area contributed by atoms with Crippen LogP contribution in [0, 0.1) is 0 Å². The van der Waals surface area contributed by atoms with E-state index >= 15 is 0 Å². The van der Waals surface area contributed by atoms with Gasteiger partial charge in [0.25, 0.3) is 0 Å². The quantitative estimate of drug-likeness (QED) is 0.0387. The van der Waals surface area contributed by atoms with Crippen molar-refractivity contribution in [1.29, 1.82) is 0 Å². The molecule has 0 bridgehead atoms. The van der Waals surface area contributed by atoms with Gasteiger partial charge in [0.2, 0.25) is 0 Å². The Morgan fingerprint density at radius 2 is 0.716 bits per heavy atom. The van der Waals surface area contributed by atoms with Crippen LogP contribution in [0.5, 0.6) is 0 Å². The molecular formula is C44H84O38P6. The molecule has 38 nitrogen and oxygen atoms in total. The van der Waals surface area contributed by atoms with Crippen molar-refractivity contribution in [1.82, 2.24) is 0 Å². The molecule has 2 fully saturated rings. The lowest BCUT2D eigenvalue weighted by Crippen LogP contribution is -2.38. The van der Waals surface area contributed by atoms with Crippen LogP contribution in [0.25, 0.3) is 0 Å². The van der Waals surface area contributed by atoms with E-state index in [-0.39, 0.29) is 88.2 Å². The molecule has 18 atom stereocenters. The van der Waals surface area contributed by atoms with Crippen molar-refractivity contribution in [2.45, 2.75) is 149 Å². The molecule has 5 N–H and O–H groups in total. The van der Waals surface area contributed by atoms with Gasteiger partial charge < -0.3 is 124 Å². The second kappa shape index (κ2) is 56.0. The van der Waals surface area contributed by atoms with Gasteiger partial charge in [0.15, 0.2) is 0 Å². The minimum absolute atomic E-state index is 0. The summed E-state index contributed by atoms with van der Waals surface area (Å²) in [6.07, 6.45) is -17.1. The molecule has 2 aliphatic heterocycles. The molecule has 0 radical (unpaired) electrons. The molecule has 2 aliphatic rings. The monoisotopic (exact) mass is 1410 g/mol. The average molecular weight is 1410 g/mol. The summed E-state index contributed by atoms with van der Waals surface area (Å²) in [5.74, 6) is 0. The third-order valence-electron chi connectivity index (χ3n) is 7.78. The molecule has 0 aliphatic carbocycles. The van der Waals surface area contributed by atoms with E-state index in [4.69, 9.17) is 44.1 Å². The van der Waals surface area contributed by atoms with Crippen molar-refractivity contribution in [3.63, 3.8) is 0 Å². The summed E-state index contributed by atoms with van der Waals surface area (Å²) in [7, 11) is 8.67. The van der Waals surface area contributed by atoms with Gasteiger partial charge in [0.05, 0.1) is 91.6 Å². The van der Waals surface area contributed by atoms with Gasteiger partial charge in [-0.3, -0.25) is 9.47 Å². The molecule has 0 aromatic rings. The zero-order chi connectivity index (χ0) is 67.7. The summed E-state index contributed by atoms with van der Waals surface area (Å²) < 4.78 is 104. The highest BCUT2D eigenvalue weighted by Gasteiger charge is 2.41. The van der Waals surface area contributed by atoms with Gasteiger partial charge in [-0.15, -0.1) is 0 Å². The van der Waals surface area contributed by atoms with Crippen LogP contribution in [0.15, 0.2) is 0 Å². The van der Waals surface area contributed by atoms with Crippen molar-refractivity contribution < 1.29 is 181 Å². The van der Waals surface area contributed by atoms with Gasteiger partial charge in [-0.1, -0.05) is 0 Å². The van der Waals surface area contributed by atoms with Gasteiger partial charge in [-0.25, -0.2) is 47.9 Å². The maximum absolute atomic E-state index is 11.0. The van der Waals surface area contributed by atoms with E-state index in [1.165, 1.54) is 55.4 Å². The largest absolute Gasteiger partial charge is 0.510 e. The van der Waals surface area contributed by atoms with Crippen LogP contribution in [0.3, 0.4) is 0 Å². The second-order valence-corrected chi connectivity index (χ2v) is 18.0. The van der Waals surface area contributed by atoms with Crippen molar-refractivity contribution >= 4 is 119 Å². The number of rotatable bonds is 24. The number of hydrogen-bond acceptors (Lipinski definition) is 38. The van der Waals surface area contributed by atoms with E-state index < -0.39 is 123 Å². The Kier molecular flexibility index (Phi) is 58.3. The van der Waals surface area contributed by atoms with Crippen molar-refractivity contribution in [3.05, 3.63) is 0 Å². The first-order valence-electron chi connectivity index (χ1n) is 24.8. The summed E-state index contributed by atoms with van der Waals surface area (Å²) in [5, 5.41) is 44.5. The van der Waals surface area contributed by atoms with Crippen LogP contribution in [-0.2, 0) is 108 Å². The SMILES string of the molecule is CC(CO)OC(=O)OC(C)COC(=O)OP.CC(CO)OC(=O)OC(C)COC(=O)OP.CC(COC(=O)OP)OC1(O)OCC(C)O1.CC(O)COC(=O)OC(C)COC(=O)OP.CC(O)COC(=O)OC(C)COC(=O)OP.CC1COC(=O)O1.P. The number of cyclic esters (lactones) is 2. The first-order chi connectivity index (χ1) is 40.6. The highest BCUT2D eigenvalue weighted by atomic mass is 31.0. The van der Waals surface area contributed by atoms with E-state index in [0.29, 0.717) is 6.61 Å². The lowest BCUT2D eigenvalue weighted by atomic mass is 10.4. The summed E-state index contributed by atoms with van der Waals surface area (Å²) in [4.78, 5) is 107. The first kappa shape index (κ1) is 91.7. The van der Waals surface area contributed by atoms with E-state index in [9.17, 15) is 53.1 Å². The van der Waals surface area contributed by atoms with Gasteiger partial charge in [-0.2, -0.15) is 9.90 Å². The number of carbonyl (C=O) groups is 10. The Morgan fingerprint density at radius 1 is 0.443 bits per heavy atom. The van der Waals surface area contributed by atoms with Crippen molar-refractivity contribution in [3.8, 4) is 0 Å². The molecule has 18 unspecified atom stereocenters. The van der Waals surface area contributed by atoms with Crippen molar-refractivity contribution in [2.24, 2.45) is 0 Å². The molecule has 0 saturated carbocycles. The van der Waals surface area contributed by atoms with Crippen molar-refractivity contribution in [2.75, 3.05) is 72.7 Å². The van der Waals surface area contributed by atoms with Crippen LogP contribution in [0.4, 0.5) is 47.9 Å². The fourth-order valence-electron chi connectivity index (χ4n) is 4.11. The fraction of sp³-hybridized carbons (Fsp3) is 0.773. The lowest BCUT2D eigenvalue weighted by molar-refractivity contribution is -0.461.